The van der Waals surface area contributed by atoms with Gasteiger partial charge in [0.25, 0.3) is 0 Å². The summed E-state index contributed by atoms with van der Waals surface area (Å²) in [7, 11) is 2.10. The predicted molar refractivity (Wildman–Crippen MR) is 68.1 cm³/mol. The number of hydrogen-bond acceptors (Lipinski definition) is 1. The van der Waals surface area contributed by atoms with Crippen LogP contribution in [0.5, 0.6) is 0 Å². The van der Waals surface area contributed by atoms with Crippen molar-refractivity contribution in [2.45, 2.75) is 13.3 Å². The van der Waals surface area contributed by atoms with Crippen molar-refractivity contribution in [3.05, 3.63) is 33.9 Å². The average Bonchev–Trinajstić information content (AvgIpc) is 2.44. The molecule has 0 spiro atoms. The molecule has 0 saturated carbocycles. The molecule has 3 heteroatoms. The van der Waals surface area contributed by atoms with E-state index in [0.29, 0.717) is 6.54 Å². The van der Waals surface area contributed by atoms with E-state index in [4.69, 9.17) is 5.73 Å². The lowest BCUT2D eigenvalue weighted by molar-refractivity contribution is 0.882. The molecule has 0 fully saturated rings. The van der Waals surface area contributed by atoms with Gasteiger partial charge in [-0.3, -0.25) is 0 Å². The van der Waals surface area contributed by atoms with Gasteiger partial charge in [-0.05, 0) is 37.6 Å². The van der Waals surface area contributed by atoms with Gasteiger partial charge in [-0.15, -0.1) is 0 Å². The van der Waals surface area contributed by atoms with Gasteiger partial charge in [0, 0.05) is 28.1 Å². The second-order valence-corrected chi connectivity index (χ2v) is 4.74. The first-order valence-corrected chi connectivity index (χ1v) is 5.88. The SMILES string of the molecule is Cc1c(CCN)c2ccc(Br)cc2n1C. The maximum absolute atomic E-state index is 5.64. The predicted octanol–water partition coefficient (Wildman–Crippen LogP) is 2.75. The zero-order valence-corrected chi connectivity index (χ0v) is 10.6. The Bertz CT molecular complexity index is 500. The molecule has 15 heavy (non-hydrogen) atoms. The Labute approximate surface area is 98.2 Å². The minimum Gasteiger partial charge on any atom is -0.348 e. The first-order valence-electron chi connectivity index (χ1n) is 5.08. The summed E-state index contributed by atoms with van der Waals surface area (Å²) in [5, 5.41) is 1.32. The molecule has 0 saturated heterocycles. The smallest absolute Gasteiger partial charge is 0.0494 e. The molecule has 0 radical (unpaired) electrons. The van der Waals surface area contributed by atoms with Crippen LogP contribution in [0.2, 0.25) is 0 Å². The molecule has 2 aromatic rings. The molecule has 1 heterocycles. The molecule has 2 N–H and O–H groups in total. The fourth-order valence-corrected chi connectivity index (χ4v) is 2.42. The second kappa shape index (κ2) is 3.99. The molecule has 0 aliphatic rings. The van der Waals surface area contributed by atoms with Crippen LogP contribution in [0.25, 0.3) is 10.9 Å². The largest absolute Gasteiger partial charge is 0.348 e. The van der Waals surface area contributed by atoms with Crippen LogP contribution < -0.4 is 5.73 Å². The van der Waals surface area contributed by atoms with Gasteiger partial charge in [-0.25, -0.2) is 0 Å². The van der Waals surface area contributed by atoms with Crippen LogP contribution in [0.4, 0.5) is 0 Å². The number of nitrogens with two attached hydrogens (primary N) is 1. The molecule has 1 aromatic carbocycles. The molecule has 0 aliphatic heterocycles. The number of rotatable bonds is 2. The van der Waals surface area contributed by atoms with Gasteiger partial charge < -0.3 is 10.3 Å². The number of aryl methyl sites for hydroxylation is 1. The number of benzene rings is 1. The highest BCUT2D eigenvalue weighted by molar-refractivity contribution is 9.10. The quantitative estimate of drug-likeness (QED) is 0.891. The van der Waals surface area contributed by atoms with Crippen LogP contribution in [0.15, 0.2) is 22.7 Å². The third-order valence-electron chi connectivity index (χ3n) is 2.98. The fraction of sp³-hybridized carbons (Fsp3) is 0.333. The highest BCUT2D eigenvalue weighted by Crippen LogP contribution is 2.27. The Balaban J connectivity index is 2.75. The van der Waals surface area contributed by atoms with Crippen LogP contribution in [0.3, 0.4) is 0 Å². The molecule has 2 rings (SSSR count). The van der Waals surface area contributed by atoms with E-state index in [1.165, 1.54) is 22.2 Å². The molecule has 0 aliphatic carbocycles. The van der Waals surface area contributed by atoms with E-state index >= 15 is 0 Å². The maximum Gasteiger partial charge on any atom is 0.0494 e. The standard InChI is InChI=1S/C12H15BrN2/c1-8-10(5-6-14)11-4-3-9(13)7-12(11)15(8)2/h3-4,7H,5-6,14H2,1-2H3. The van der Waals surface area contributed by atoms with Crippen molar-refractivity contribution in [2.24, 2.45) is 12.8 Å². The van der Waals surface area contributed by atoms with Crippen molar-refractivity contribution in [3.63, 3.8) is 0 Å². The van der Waals surface area contributed by atoms with Gasteiger partial charge in [-0.2, -0.15) is 0 Å². The number of hydrogen-bond donors (Lipinski definition) is 1. The van der Waals surface area contributed by atoms with Crippen LogP contribution in [-0.2, 0) is 13.5 Å². The summed E-state index contributed by atoms with van der Waals surface area (Å²) in [4.78, 5) is 0. The van der Waals surface area contributed by atoms with Crippen LogP contribution in [0, 0.1) is 6.92 Å². The summed E-state index contributed by atoms with van der Waals surface area (Å²) in [6.07, 6.45) is 0.949. The van der Waals surface area contributed by atoms with Gasteiger partial charge in [0.1, 0.15) is 0 Å². The Hall–Kier alpha value is -0.800. The lowest BCUT2D eigenvalue weighted by atomic mass is 10.1. The van der Waals surface area contributed by atoms with Crippen LogP contribution in [0.1, 0.15) is 11.3 Å². The first kappa shape index (κ1) is 10.7. The minimum absolute atomic E-state index is 0.704. The van der Waals surface area contributed by atoms with Gasteiger partial charge in [0.05, 0.1) is 0 Å². The van der Waals surface area contributed by atoms with E-state index in [0.717, 1.165) is 10.9 Å². The lowest BCUT2D eigenvalue weighted by Crippen LogP contribution is -2.03. The summed E-state index contributed by atoms with van der Waals surface area (Å²) >= 11 is 3.50. The number of nitrogens with zero attached hydrogens (tertiary/aromatic N) is 1. The van der Waals surface area contributed by atoms with Crippen LogP contribution in [-0.4, -0.2) is 11.1 Å². The van der Waals surface area contributed by atoms with E-state index in [1.807, 2.05) is 0 Å². The summed E-state index contributed by atoms with van der Waals surface area (Å²) in [6.45, 7) is 2.86. The van der Waals surface area contributed by atoms with Crippen molar-refractivity contribution < 1.29 is 0 Å². The highest BCUT2D eigenvalue weighted by atomic mass is 79.9. The number of halogens is 1. The van der Waals surface area contributed by atoms with E-state index in [9.17, 15) is 0 Å². The number of fused-ring (bicyclic) bond motifs is 1. The van der Waals surface area contributed by atoms with Gasteiger partial charge >= 0.3 is 0 Å². The summed E-state index contributed by atoms with van der Waals surface area (Å²) in [5.74, 6) is 0. The van der Waals surface area contributed by atoms with Gasteiger partial charge in [0.2, 0.25) is 0 Å². The molecule has 2 nitrogen and oxygen atoms in total. The van der Waals surface area contributed by atoms with E-state index < -0.39 is 0 Å². The van der Waals surface area contributed by atoms with Gasteiger partial charge in [0.15, 0.2) is 0 Å². The second-order valence-electron chi connectivity index (χ2n) is 3.82. The molecule has 1 aromatic heterocycles. The number of aromatic nitrogens is 1. The van der Waals surface area contributed by atoms with Crippen molar-refractivity contribution in [3.8, 4) is 0 Å². The maximum atomic E-state index is 5.64. The van der Waals surface area contributed by atoms with Crippen molar-refractivity contribution in [2.75, 3.05) is 6.54 Å². The normalized spacial score (nSPS) is 11.2. The van der Waals surface area contributed by atoms with Crippen molar-refractivity contribution in [1.29, 1.82) is 0 Å². The van der Waals surface area contributed by atoms with Crippen molar-refractivity contribution >= 4 is 26.8 Å². The molecule has 0 bridgehead atoms. The average molecular weight is 267 g/mol. The Morgan fingerprint density at radius 2 is 2.13 bits per heavy atom. The van der Waals surface area contributed by atoms with Gasteiger partial charge in [-0.1, -0.05) is 22.0 Å². The summed E-state index contributed by atoms with van der Waals surface area (Å²) < 4.78 is 3.35. The van der Waals surface area contributed by atoms with E-state index in [-0.39, 0.29) is 0 Å². The highest BCUT2D eigenvalue weighted by Gasteiger charge is 2.10. The Morgan fingerprint density at radius 1 is 1.40 bits per heavy atom. The molecule has 0 amide bonds. The summed E-state index contributed by atoms with van der Waals surface area (Å²) in [5.41, 5.74) is 9.60. The third-order valence-corrected chi connectivity index (χ3v) is 3.47. The Morgan fingerprint density at radius 3 is 2.80 bits per heavy atom. The molecule has 0 unspecified atom stereocenters. The molecule has 0 atom stereocenters. The third kappa shape index (κ3) is 1.70. The zero-order chi connectivity index (χ0) is 11.0. The monoisotopic (exact) mass is 266 g/mol. The Kier molecular flexibility index (Phi) is 2.85. The molecule has 80 valence electrons. The minimum atomic E-state index is 0.704. The first-order chi connectivity index (χ1) is 7.15. The van der Waals surface area contributed by atoms with E-state index in [2.05, 4.69) is 52.7 Å². The fourth-order valence-electron chi connectivity index (χ4n) is 2.08. The molecular weight excluding hydrogens is 252 g/mol. The van der Waals surface area contributed by atoms with E-state index in [1.54, 1.807) is 0 Å². The van der Waals surface area contributed by atoms with Crippen molar-refractivity contribution in [1.82, 2.24) is 4.57 Å². The topological polar surface area (TPSA) is 30.9 Å². The van der Waals surface area contributed by atoms with Crippen LogP contribution >= 0.6 is 15.9 Å². The summed E-state index contributed by atoms with van der Waals surface area (Å²) in [6, 6.07) is 6.40. The molecular formula is C12H15BrN2. The lowest BCUT2D eigenvalue weighted by Gasteiger charge is -1.99. The zero-order valence-electron chi connectivity index (χ0n) is 9.05.